The highest BCUT2D eigenvalue weighted by atomic mass is 35.5. The number of unbranched alkanes of at least 4 members (excludes halogenated alkanes) is 1. The van der Waals surface area contributed by atoms with E-state index in [0.29, 0.717) is 30.4 Å². The maximum atomic E-state index is 12.2. The number of nitrogens with zero attached hydrogens (tertiary/aromatic N) is 2. The van der Waals surface area contributed by atoms with Crippen molar-refractivity contribution in [2.24, 2.45) is 0 Å². The van der Waals surface area contributed by atoms with Gasteiger partial charge in [-0.15, -0.1) is 0 Å². The fraction of sp³-hybridized carbons (Fsp3) is 0.733. The Morgan fingerprint density at radius 3 is 2.81 bits per heavy atom. The molecule has 5 nitrogen and oxygen atoms in total. The van der Waals surface area contributed by atoms with E-state index in [4.69, 9.17) is 11.6 Å². The first-order chi connectivity index (χ1) is 10.2. The summed E-state index contributed by atoms with van der Waals surface area (Å²) >= 11 is 6.23. The van der Waals surface area contributed by atoms with Gasteiger partial charge in [0, 0.05) is 24.7 Å². The third-order valence-corrected chi connectivity index (χ3v) is 4.91. The van der Waals surface area contributed by atoms with Crippen molar-refractivity contribution in [3.63, 3.8) is 0 Å². The Morgan fingerprint density at radius 2 is 2.14 bits per heavy atom. The topological polar surface area (TPSA) is 59.0 Å². The summed E-state index contributed by atoms with van der Waals surface area (Å²) in [6, 6.07) is 1.60. The van der Waals surface area contributed by atoms with Gasteiger partial charge in [-0.25, -0.2) is 4.68 Å². The van der Waals surface area contributed by atoms with E-state index >= 15 is 0 Å². The summed E-state index contributed by atoms with van der Waals surface area (Å²) in [4.78, 5) is 12.2. The van der Waals surface area contributed by atoms with Crippen LogP contribution in [-0.2, 0) is 6.54 Å². The van der Waals surface area contributed by atoms with Crippen LogP contribution in [0.25, 0.3) is 0 Å². The van der Waals surface area contributed by atoms with E-state index in [2.05, 4.69) is 22.7 Å². The standard InChI is InChI=1S/C15H23ClN4O/c1-2-3-6-20-15(21)14(16)13(9-17-20)19-12-7-10-4-5-11(8-12)18-10/h9-12,18-19H,2-8H2,1H3. The van der Waals surface area contributed by atoms with Crippen molar-refractivity contribution in [2.45, 2.75) is 70.1 Å². The van der Waals surface area contributed by atoms with Crippen LogP contribution in [-0.4, -0.2) is 27.9 Å². The number of anilines is 1. The van der Waals surface area contributed by atoms with Gasteiger partial charge in [0.25, 0.3) is 5.56 Å². The Morgan fingerprint density at radius 1 is 1.43 bits per heavy atom. The molecule has 0 aromatic carbocycles. The maximum absolute atomic E-state index is 12.2. The number of nitrogens with one attached hydrogen (secondary N) is 2. The van der Waals surface area contributed by atoms with Crippen molar-refractivity contribution in [1.82, 2.24) is 15.1 Å². The number of aryl methyl sites for hydroxylation is 1. The van der Waals surface area contributed by atoms with Crippen molar-refractivity contribution in [3.8, 4) is 0 Å². The number of halogens is 1. The molecule has 6 heteroatoms. The van der Waals surface area contributed by atoms with E-state index in [1.807, 2.05) is 0 Å². The fourth-order valence-corrected chi connectivity index (χ4v) is 3.63. The molecule has 3 rings (SSSR count). The van der Waals surface area contributed by atoms with E-state index < -0.39 is 0 Å². The van der Waals surface area contributed by atoms with Gasteiger partial charge in [0.2, 0.25) is 0 Å². The number of piperidine rings is 1. The normalized spacial score (nSPS) is 27.8. The summed E-state index contributed by atoms with van der Waals surface area (Å²) in [5.41, 5.74) is 0.493. The molecular formula is C15H23ClN4O. The van der Waals surface area contributed by atoms with Gasteiger partial charge in [0.1, 0.15) is 5.02 Å². The quantitative estimate of drug-likeness (QED) is 0.877. The SMILES string of the molecule is CCCCn1ncc(NC2CC3CCC(C2)N3)c(Cl)c1=O. The second-order valence-corrected chi connectivity index (χ2v) is 6.58. The first-order valence-corrected chi connectivity index (χ1v) is 8.33. The van der Waals surface area contributed by atoms with E-state index in [-0.39, 0.29) is 10.6 Å². The van der Waals surface area contributed by atoms with E-state index in [1.165, 1.54) is 17.5 Å². The summed E-state index contributed by atoms with van der Waals surface area (Å²) < 4.78 is 1.46. The molecule has 0 saturated carbocycles. The highest BCUT2D eigenvalue weighted by Crippen LogP contribution is 2.29. The number of fused-ring (bicyclic) bond motifs is 2. The summed E-state index contributed by atoms with van der Waals surface area (Å²) in [5, 5.41) is 11.5. The van der Waals surface area contributed by atoms with Gasteiger partial charge in [-0.3, -0.25) is 4.79 Å². The van der Waals surface area contributed by atoms with Crippen LogP contribution in [0.15, 0.2) is 11.0 Å². The summed E-state index contributed by atoms with van der Waals surface area (Å²) in [5.74, 6) is 0. The molecule has 2 bridgehead atoms. The molecule has 2 N–H and O–H groups in total. The molecule has 1 aromatic rings. The molecule has 2 fully saturated rings. The summed E-state index contributed by atoms with van der Waals surface area (Å²) in [7, 11) is 0. The average molecular weight is 311 g/mol. The average Bonchev–Trinajstić information content (AvgIpc) is 2.82. The lowest BCUT2D eigenvalue weighted by Gasteiger charge is -2.30. The van der Waals surface area contributed by atoms with Crippen LogP contribution in [0, 0.1) is 0 Å². The second kappa shape index (κ2) is 6.36. The van der Waals surface area contributed by atoms with Gasteiger partial charge >= 0.3 is 0 Å². The molecule has 21 heavy (non-hydrogen) atoms. The minimum atomic E-state index is -0.188. The van der Waals surface area contributed by atoms with Gasteiger partial charge in [-0.05, 0) is 32.1 Å². The molecule has 116 valence electrons. The molecule has 0 amide bonds. The Balaban J connectivity index is 1.71. The Kier molecular flexibility index (Phi) is 4.50. The van der Waals surface area contributed by atoms with E-state index in [9.17, 15) is 4.79 Å². The summed E-state index contributed by atoms with van der Waals surface area (Å²) in [6.45, 7) is 2.72. The minimum absolute atomic E-state index is 0.188. The van der Waals surface area contributed by atoms with Crippen LogP contribution in [0.3, 0.4) is 0 Å². The van der Waals surface area contributed by atoms with Crippen LogP contribution >= 0.6 is 11.6 Å². The number of hydrogen-bond donors (Lipinski definition) is 2. The van der Waals surface area contributed by atoms with Gasteiger partial charge < -0.3 is 10.6 Å². The monoisotopic (exact) mass is 310 g/mol. The van der Waals surface area contributed by atoms with Crippen molar-refractivity contribution in [3.05, 3.63) is 21.6 Å². The maximum Gasteiger partial charge on any atom is 0.287 e. The molecule has 1 aromatic heterocycles. The third-order valence-electron chi connectivity index (χ3n) is 4.54. The lowest BCUT2D eigenvalue weighted by Crippen LogP contribution is -2.43. The highest BCUT2D eigenvalue weighted by Gasteiger charge is 2.33. The largest absolute Gasteiger partial charge is 0.380 e. The van der Waals surface area contributed by atoms with Gasteiger partial charge in [-0.2, -0.15) is 5.10 Å². The van der Waals surface area contributed by atoms with Crippen molar-refractivity contribution < 1.29 is 0 Å². The van der Waals surface area contributed by atoms with Gasteiger partial charge in [0.05, 0.1) is 11.9 Å². The molecular weight excluding hydrogens is 288 g/mol. The van der Waals surface area contributed by atoms with Gasteiger partial charge in [0.15, 0.2) is 0 Å². The van der Waals surface area contributed by atoms with Crippen molar-refractivity contribution >= 4 is 17.3 Å². The second-order valence-electron chi connectivity index (χ2n) is 6.20. The molecule has 2 saturated heterocycles. The molecule has 2 aliphatic heterocycles. The molecule has 0 aliphatic carbocycles. The van der Waals surface area contributed by atoms with Crippen LogP contribution < -0.4 is 16.2 Å². The predicted molar refractivity (Wildman–Crippen MR) is 85.0 cm³/mol. The Bertz CT molecular complexity index is 547. The molecule has 0 spiro atoms. The van der Waals surface area contributed by atoms with Crippen LogP contribution in [0.5, 0.6) is 0 Å². The van der Waals surface area contributed by atoms with Crippen LogP contribution in [0.4, 0.5) is 5.69 Å². The third kappa shape index (κ3) is 3.24. The first-order valence-electron chi connectivity index (χ1n) is 7.95. The zero-order valence-corrected chi connectivity index (χ0v) is 13.2. The van der Waals surface area contributed by atoms with Crippen LogP contribution in [0.1, 0.15) is 45.4 Å². The fourth-order valence-electron chi connectivity index (χ4n) is 3.43. The molecule has 0 radical (unpaired) electrons. The summed E-state index contributed by atoms with van der Waals surface area (Å²) in [6.07, 6.45) is 8.36. The molecule has 3 heterocycles. The predicted octanol–water partition coefficient (Wildman–Crippen LogP) is 2.39. The first kappa shape index (κ1) is 14.9. The van der Waals surface area contributed by atoms with E-state index in [0.717, 1.165) is 25.7 Å². The smallest absolute Gasteiger partial charge is 0.287 e. The molecule has 2 unspecified atom stereocenters. The Hall–Kier alpha value is -1.07. The zero-order chi connectivity index (χ0) is 14.8. The number of rotatable bonds is 5. The zero-order valence-electron chi connectivity index (χ0n) is 12.4. The molecule has 2 atom stereocenters. The number of hydrogen-bond acceptors (Lipinski definition) is 4. The van der Waals surface area contributed by atoms with Gasteiger partial charge in [-0.1, -0.05) is 24.9 Å². The lowest BCUT2D eigenvalue weighted by molar-refractivity contribution is 0.378. The van der Waals surface area contributed by atoms with Crippen molar-refractivity contribution in [1.29, 1.82) is 0 Å². The van der Waals surface area contributed by atoms with Crippen LogP contribution in [0.2, 0.25) is 5.02 Å². The highest BCUT2D eigenvalue weighted by molar-refractivity contribution is 6.32. The number of aromatic nitrogens is 2. The lowest BCUT2D eigenvalue weighted by atomic mass is 10.00. The van der Waals surface area contributed by atoms with Crippen molar-refractivity contribution in [2.75, 3.05) is 5.32 Å². The molecule has 2 aliphatic rings. The van der Waals surface area contributed by atoms with E-state index in [1.54, 1.807) is 6.20 Å². The minimum Gasteiger partial charge on any atom is -0.380 e. The Labute approximate surface area is 130 Å².